The Morgan fingerprint density at radius 2 is 1.63 bits per heavy atom. The summed E-state index contributed by atoms with van der Waals surface area (Å²) in [5, 5.41) is 5.07. The molecule has 89 valence electrons. The fraction of sp³-hybridized carbons (Fsp3) is 0. The average molecular weight is 319 g/mol. The predicted octanol–water partition coefficient (Wildman–Crippen LogP) is 4.65. The Balaban J connectivity index is 0.00000110. The van der Waals surface area contributed by atoms with Gasteiger partial charge in [-0.25, -0.2) is 0 Å². The van der Waals surface area contributed by atoms with Gasteiger partial charge in [-0.3, -0.25) is 0 Å². The molecule has 0 aliphatic heterocycles. The molecule has 0 atom stereocenters. The van der Waals surface area contributed by atoms with Gasteiger partial charge in [0.1, 0.15) is 0 Å². The third-order valence-corrected chi connectivity index (χ3v) is 3.56. The first-order valence-corrected chi connectivity index (χ1v) is 6.08. The van der Waals surface area contributed by atoms with Gasteiger partial charge in [0.05, 0.1) is 5.52 Å². The average Bonchev–Trinajstić information content (AvgIpc) is 2.77. The van der Waals surface area contributed by atoms with Crippen molar-refractivity contribution in [3.05, 3.63) is 67.1 Å². The Morgan fingerprint density at radius 1 is 0.789 bits per heavy atom. The number of aromatic nitrogens is 1. The van der Waals surface area contributed by atoms with Crippen molar-refractivity contribution in [1.82, 2.24) is 4.98 Å². The first-order valence-electron chi connectivity index (χ1n) is 6.08. The van der Waals surface area contributed by atoms with E-state index in [1.165, 1.54) is 32.6 Å². The maximum absolute atomic E-state index is 4.01. The second kappa shape index (κ2) is 4.66. The van der Waals surface area contributed by atoms with Crippen molar-refractivity contribution in [1.29, 1.82) is 0 Å². The molecule has 0 aliphatic rings. The molecule has 4 rings (SSSR count). The molecule has 19 heavy (non-hydrogen) atoms. The fourth-order valence-electron chi connectivity index (χ4n) is 2.69. The second-order valence-corrected chi connectivity index (χ2v) is 4.71. The van der Waals surface area contributed by atoms with E-state index in [1.807, 2.05) is 6.07 Å². The van der Waals surface area contributed by atoms with E-state index in [-0.39, 0.29) is 32.7 Å². The van der Waals surface area contributed by atoms with Crippen LogP contribution in [0.2, 0.25) is 0 Å². The van der Waals surface area contributed by atoms with Gasteiger partial charge >= 0.3 is 0 Å². The number of hydrogen-bond donors (Lipinski definition) is 1. The summed E-state index contributed by atoms with van der Waals surface area (Å²) >= 11 is 0. The maximum atomic E-state index is 4.01. The number of H-pyrrole nitrogens is 1. The molecule has 0 unspecified atom stereocenters. The Morgan fingerprint density at radius 3 is 2.53 bits per heavy atom. The summed E-state index contributed by atoms with van der Waals surface area (Å²) in [6.45, 7) is 4.01. The number of aromatic amines is 1. The zero-order chi connectivity index (χ0) is 12.1. The minimum absolute atomic E-state index is 0. The molecule has 1 N–H and O–H groups in total. The Kier molecular flexibility index (Phi) is 3.12. The Hall–Kier alpha value is -1.31. The van der Waals surface area contributed by atoms with E-state index in [0.29, 0.717) is 0 Å². The van der Waals surface area contributed by atoms with Gasteiger partial charge in [-0.15, -0.1) is 0 Å². The number of fused-ring (bicyclic) bond motifs is 5. The molecule has 0 fully saturated rings. The van der Waals surface area contributed by atoms with E-state index < -0.39 is 0 Å². The van der Waals surface area contributed by atoms with Crippen molar-refractivity contribution in [2.24, 2.45) is 0 Å². The van der Waals surface area contributed by atoms with Crippen molar-refractivity contribution < 1.29 is 32.7 Å². The first kappa shape index (κ1) is 12.7. The molecule has 4 aromatic rings. The Bertz CT molecular complexity index is 890. The van der Waals surface area contributed by atoms with Crippen LogP contribution in [0.25, 0.3) is 32.6 Å². The van der Waals surface area contributed by atoms with Gasteiger partial charge in [-0.1, -0.05) is 42.5 Å². The molecule has 0 spiro atoms. The first-order chi connectivity index (χ1) is 8.83. The van der Waals surface area contributed by atoms with Crippen molar-refractivity contribution >= 4 is 32.6 Å². The zero-order valence-corrected chi connectivity index (χ0v) is 13.3. The molecule has 0 aliphatic carbocycles. The number of benzene rings is 3. The van der Waals surface area contributed by atoms with E-state index in [1.54, 1.807) is 0 Å². The molecular weight excluding hydrogens is 307 g/mol. The largest absolute Gasteiger partial charge is 0.356 e. The molecule has 1 heterocycles. The number of rotatable bonds is 0. The van der Waals surface area contributed by atoms with Crippen LogP contribution in [0.15, 0.2) is 54.6 Å². The summed E-state index contributed by atoms with van der Waals surface area (Å²) in [4.78, 5) is 3.52. The van der Waals surface area contributed by atoms with Crippen LogP contribution in [0.4, 0.5) is 0 Å². The topological polar surface area (TPSA) is 15.8 Å². The van der Waals surface area contributed by atoms with Gasteiger partial charge in [-0.05, 0) is 16.2 Å². The van der Waals surface area contributed by atoms with Crippen LogP contribution in [0.5, 0.6) is 0 Å². The van der Waals surface area contributed by atoms with Crippen molar-refractivity contribution in [2.45, 2.75) is 0 Å². The maximum Gasteiger partial charge on any atom is 0.0533 e. The molecule has 0 bridgehead atoms. The standard InChI is InChI=1S/C17H12N.Y/c1-11-6-9-16-15(10-11)14-8-7-12-4-2-3-5-13(12)17(14)18-16;/h2-10,18H,1H2;/q-1;. The van der Waals surface area contributed by atoms with Gasteiger partial charge < -0.3 is 4.98 Å². The monoisotopic (exact) mass is 319 g/mol. The molecule has 2 heteroatoms. The molecule has 1 radical (unpaired) electrons. The minimum Gasteiger partial charge on any atom is -0.356 e. The Labute approximate surface area is 136 Å². The smallest absolute Gasteiger partial charge is 0.0533 e. The van der Waals surface area contributed by atoms with Gasteiger partial charge in [0, 0.05) is 43.6 Å². The van der Waals surface area contributed by atoms with Crippen molar-refractivity contribution in [2.75, 3.05) is 0 Å². The van der Waals surface area contributed by atoms with Gasteiger partial charge in [-0.2, -0.15) is 24.6 Å². The zero-order valence-electron chi connectivity index (χ0n) is 10.5. The van der Waals surface area contributed by atoms with Crippen molar-refractivity contribution in [3.8, 4) is 0 Å². The molecule has 0 saturated heterocycles. The minimum atomic E-state index is 0. The van der Waals surface area contributed by atoms with E-state index in [2.05, 4.69) is 60.4 Å². The second-order valence-electron chi connectivity index (χ2n) is 4.71. The third kappa shape index (κ3) is 1.89. The molecule has 0 amide bonds. The summed E-state index contributed by atoms with van der Waals surface area (Å²) in [7, 11) is 0. The fourth-order valence-corrected chi connectivity index (χ4v) is 2.69. The molecule has 1 nitrogen and oxygen atoms in total. The summed E-state index contributed by atoms with van der Waals surface area (Å²) in [6.07, 6.45) is 0. The van der Waals surface area contributed by atoms with Crippen LogP contribution in [0.3, 0.4) is 0 Å². The molecule has 1 aromatic heterocycles. The summed E-state index contributed by atoms with van der Waals surface area (Å²) in [6, 6.07) is 19.1. The van der Waals surface area contributed by atoms with Gasteiger partial charge in [0.15, 0.2) is 0 Å². The number of nitrogens with one attached hydrogen (secondary N) is 1. The molecular formula is C17H12NY-. The predicted molar refractivity (Wildman–Crippen MR) is 77.8 cm³/mol. The van der Waals surface area contributed by atoms with Crippen LogP contribution >= 0.6 is 0 Å². The van der Waals surface area contributed by atoms with E-state index in [4.69, 9.17) is 0 Å². The van der Waals surface area contributed by atoms with Crippen LogP contribution < -0.4 is 0 Å². The quantitative estimate of drug-likeness (QED) is 0.454. The summed E-state index contributed by atoms with van der Waals surface area (Å²) < 4.78 is 0. The van der Waals surface area contributed by atoms with Gasteiger partial charge in [0.25, 0.3) is 0 Å². The van der Waals surface area contributed by atoms with Crippen LogP contribution in [0.1, 0.15) is 5.56 Å². The van der Waals surface area contributed by atoms with E-state index >= 15 is 0 Å². The normalized spacial score (nSPS) is 10.9. The SMILES string of the molecule is [CH2-]c1ccc2[nH]c3c4ccccc4ccc3c2c1.[Y]. The van der Waals surface area contributed by atoms with Gasteiger partial charge in [0.2, 0.25) is 0 Å². The summed E-state index contributed by atoms with van der Waals surface area (Å²) in [5.41, 5.74) is 3.44. The summed E-state index contributed by atoms with van der Waals surface area (Å²) in [5.74, 6) is 0. The van der Waals surface area contributed by atoms with Crippen LogP contribution in [-0.4, -0.2) is 4.98 Å². The van der Waals surface area contributed by atoms with E-state index in [9.17, 15) is 0 Å². The number of hydrogen-bond acceptors (Lipinski definition) is 0. The van der Waals surface area contributed by atoms with Crippen LogP contribution in [0, 0.1) is 6.92 Å². The van der Waals surface area contributed by atoms with Crippen molar-refractivity contribution in [3.63, 3.8) is 0 Å². The van der Waals surface area contributed by atoms with Crippen LogP contribution in [-0.2, 0) is 32.7 Å². The van der Waals surface area contributed by atoms with E-state index in [0.717, 1.165) is 5.56 Å². The molecule has 0 saturated carbocycles. The third-order valence-electron chi connectivity index (χ3n) is 3.56. The molecule has 3 aromatic carbocycles.